The van der Waals surface area contributed by atoms with Crippen molar-refractivity contribution in [1.82, 2.24) is 4.98 Å². The maximum atomic E-state index is 13.6. The third-order valence-corrected chi connectivity index (χ3v) is 2.82. The molecule has 0 unspecified atom stereocenters. The molecule has 0 fully saturated rings. The minimum Gasteiger partial charge on any atom is -0.494 e. The molecule has 0 aliphatic carbocycles. The predicted molar refractivity (Wildman–Crippen MR) is 80.3 cm³/mol. The summed E-state index contributed by atoms with van der Waals surface area (Å²) in [5, 5.41) is 3.20. The largest absolute Gasteiger partial charge is 0.494 e. The van der Waals surface area contributed by atoms with Gasteiger partial charge in [-0.2, -0.15) is 0 Å². The van der Waals surface area contributed by atoms with Crippen molar-refractivity contribution in [2.75, 3.05) is 12.4 Å². The molecule has 1 N–H and O–H groups in total. The van der Waals surface area contributed by atoms with Gasteiger partial charge in [-0.3, -0.25) is 0 Å². The zero-order chi connectivity index (χ0) is 15.2. The highest BCUT2D eigenvalue weighted by molar-refractivity contribution is 5.52. The Morgan fingerprint density at radius 2 is 2.10 bits per heavy atom. The van der Waals surface area contributed by atoms with E-state index in [1.54, 1.807) is 12.3 Å². The number of aromatic nitrogens is 1. The molecule has 21 heavy (non-hydrogen) atoms. The second kappa shape index (κ2) is 6.92. The maximum Gasteiger partial charge on any atom is 0.237 e. The fourth-order valence-electron chi connectivity index (χ4n) is 1.86. The van der Waals surface area contributed by atoms with Crippen LogP contribution in [-0.4, -0.2) is 18.2 Å². The van der Waals surface area contributed by atoms with Crippen LogP contribution in [0, 0.1) is 5.82 Å². The topological polar surface area (TPSA) is 43.4 Å². The molecule has 1 aromatic heterocycles. The SMILES string of the molecule is COc1ccc(CNc2cccnc2OC(C)C)cc1F. The van der Waals surface area contributed by atoms with E-state index in [4.69, 9.17) is 9.47 Å². The zero-order valence-electron chi connectivity index (χ0n) is 12.4. The van der Waals surface area contributed by atoms with Gasteiger partial charge < -0.3 is 14.8 Å². The first kappa shape index (κ1) is 15.1. The monoisotopic (exact) mass is 290 g/mol. The number of pyridine rings is 1. The van der Waals surface area contributed by atoms with E-state index in [2.05, 4.69) is 10.3 Å². The number of halogens is 1. The molecule has 2 rings (SSSR count). The van der Waals surface area contributed by atoms with Gasteiger partial charge in [-0.1, -0.05) is 6.07 Å². The molecule has 0 bridgehead atoms. The molecule has 0 atom stereocenters. The standard InChI is InChI=1S/C16H19FN2O2/c1-11(2)21-16-14(5-4-8-18-16)19-10-12-6-7-15(20-3)13(17)9-12/h4-9,11,19H,10H2,1-3H3. The lowest BCUT2D eigenvalue weighted by Crippen LogP contribution is -2.10. The van der Waals surface area contributed by atoms with Crippen LogP contribution in [0.1, 0.15) is 19.4 Å². The molecule has 4 nitrogen and oxygen atoms in total. The van der Waals surface area contributed by atoms with Crippen LogP contribution in [0.3, 0.4) is 0 Å². The smallest absolute Gasteiger partial charge is 0.237 e. The maximum absolute atomic E-state index is 13.6. The normalized spacial score (nSPS) is 10.5. The molecule has 5 heteroatoms. The summed E-state index contributed by atoms with van der Waals surface area (Å²) in [5.74, 6) is 0.409. The van der Waals surface area contributed by atoms with Crippen molar-refractivity contribution in [1.29, 1.82) is 0 Å². The average Bonchev–Trinajstić information content (AvgIpc) is 2.46. The quantitative estimate of drug-likeness (QED) is 0.882. The highest BCUT2D eigenvalue weighted by Crippen LogP contribution is 2.23. The summed E-state index contributed by atoms with van der Waals surface area (Å²) in [4.78, 5) is 4.20. The van der Waals surface area contributed by atoms with Crippen LogP contribution >= 0.6 is 0 Å². The molecule has 0 saturated carbocycles. The molecule has 2 aromatic rings. The van der Waals surface area contributed by atoms with E-state index in [-0.39, 0.29) is 17.7 Å². The van der Waals surface area contributed by atoms with Crippen molar-refractivity contribution < 1.29 is 13.9 Å². The number of nitrogens with one attached hydrogen (secondary N) is 1. The lowest BCUT2D eigenvalue weighted by molar-refractivity contribution is 0.234. The van der Waals surface area contributed by atoms with Crippen LogP contribution in [0.5, 0.6) is 11.6 Å². The van der Waals surface area contributed by atoms with E-state index >= 15 is 0 Å². The van der Waals surface area contributed by atoms with E-state index in [1.807, 2.05) is 32.0 Å². The summed E-state index contributed by atoms with van der Waals surface area (Å²) in [6.45, 7) is 4.36. The summed E-state index contributed by atoms with van der Waals surface area (Å²) >= 11 is 0. The van der Waals surface area contributed by atoms with E-state index in [9.17, 15) is 4.39 Å². The van der Waals surface area contributed by atoms with Crippen LogP contribution in [0.2, 0.25) is 0 Å². The molecule has 1 aromatic carbocycles. The summed E-state index contributed by atoms with van der Waals surface area (Å²) in [5.41, 5.74) is 1.59. The Kier molecular flexibility index (Phi) is 4.98. The number of benzene rings is 1. The fraction of sp³-hybridized carbons (Fsp3) is 0.312. The second-order valence-corrected chi connectivity index (χ2v) is 4.85. The molecular weight excluding hydrogens is 271 g/mol. The zero-order valence-corrected chi connectivity index (χ0v) is 12.4. The molecule has 0 saturated heterocycles. The Labute approximate surface area is 123 Å². The van der Waals surface area contributed by atoms with Gasteiger partial charge in [0, 0.05) is 12.7 Å². The molecule has 112 valence electrons. The van der Waals surface area contributed by atoms with Crippen LogP contribution in [0.25, 0.3) is 0 Å². The van der Waals surface area contributed by atoms with Crippen molar-refractivity contribution in [3.05, 3.63) is 47.9 Å². The minimum atomic E-state index is -0.373. The molecular formula is C16H19FN2O2. The van der Waals surface area contributed by atoms with Crippen molar-refractivity contribution in [3.8, 4) is 11.6 Å². The Bertz CT molecular complexity index is 603. The van der Waals surface area contributed by atoms with Crippen molar-refractivity contribution in [2.45, 2.75) is 26.5 Å². The highest BCUT2D eigenvalue weighted by atomic mass is 19.1. The molecule has 0 aliphatic rings. The lowest BCUT2D eigenvalue weighted by atomic mass is 10.2. The van der Waals surface area contributed by atoms with Crippen LogP contribution in [-0.2, 0) is 6.54 Å². The Morgan fingerprint density at radius 1 is 1.29 bits per heavy atom. The summed E-state index contributed by atoms with van der Waals surface area (Å²) in [6, 6.07) is 8.58. The van der Waals surface area contributed by atoms with Gasteiger partial charge in [0.2, 0.25) is 5.88 Å². The van der Waals surface area contributed by atoms with Gasteiger partial charge in [-0.25, -0.2) is 9.37 Å². The highest BCUT2D eigenvalue weighted by Gasteiger charge is 2.07. The number of hydrogen-bond acceptors (Lipinski definition) is 4. The number of methoxy groups -OCH3 is 1. The summed E-state index contributed by atoms with van der Waals surface area (Å²) < 4.78 is 24.2. The fourth-order valence-corrected chi connectivity index (χ4v) is 1.86. The van der Waals surface area contributed by atoms with Crippen LogP contribution < -0.4 is 14.8 Å². The molecule has 1 heterocycles. The first-order valence-electron chi connectivity index (χ1n) is 6.78. The number of hydrogen-bond donors (Lipinski definition) is 1. The first-order chi connectivity index (χ1) is 10.1. The van der Waals surface area contributed by atoms with Gasteiger partial charge in [0.15, 0.2) is 11.6 Å². The molecule has 0 spiro atoms. The van der Waals surface area contributed by atoms with Crippen LogP contribution in [0.15, 0.2) is 36.5 Å². The Hall–Kier alpha value is -2.30. The lowest BCUT2D eigenvalue weighted by Gasteiger charge is -2.14. The predicted octanol–water partition coefficient (Wildman–Crippen LogP) is 3.63. The number of anilines is 1. The van der Waals surface area contributed by atoms with Crippen LogP contribution in [0.4, 0.5) is 10.1 Å². The molecule has 0 aliphatic heterocycles. The van der Waals surface area contributed by atoms with E-state index in [0.29, 0.717) is 12.4 Å². The average molecular weight is 290 g/mol. The molecule has 0 amide bonds. The second-order valence-electron chi connectivity index (χ2n) is 4.85. The summed E-state index contributed by atoms with van der Waals surface area (Å²) in [7, 11) is 1.45. The molecule has 0 radical (unpaired) electrons. The van der Waals surface area contributed by atoms with Gasteiger partial charge in [0.25, 0.3) is 0 Å². The number of ether oxygens (including phenoxy) is 2. The van der Waals surface area contributed by atoms with E-state index in [0.717, 1.165) is 11.3 Å². The number of nitrogens with zero attached hydrogens (tertiary/aromatic N) is 1. The van der Waals surface area contributed by atoms with Gasteiger partial charge in [0.05, 0.1) is 18.9 Å². The van der Waals surface area contributed by atoms with Gasteiger partial charge in [-0.15, -0.1) is 0 Å². The van der Waals surface area contributed by atoms with Crippen molar-refractivity contribution in [3.63, 3.8) is 0 Å². The van der Waals surface area contributed by atoms with E-state index in [1.165, 1.54) is 13.2 Å². The Morgan fingerprint density at radius 3 is 2.76 bits per heavy atom. The Balaban J connectivity index is 2.08. The van der Waals surface area contributed by atoms with Crippen molar-refractivity contribution >= 4 is 5.69 Å². The van der Waals surface area contributed by atoms with E-state index < -0.39 is 0 Å². The summed E-state index contributed by atoms with van der Waals surface area (Å²) in [6.07, 6.45) is 1.72. The van der Waals surface area contributed by atoms with Gasteiger partial charge >= 0.3 is 0 Å². The first-order valence-corrected chi connectivity index (χ1v) is 6.78. The van der Waals surface area contributed by atoms with Crippen molar-refractivity contribution in [2.24, 2.45) is 0 Å². The number of rotatable bonds is 6. The minimum absolute atomic E-state index is 0.0406. The van der Waals surface area contributed by atoms with Gasteiger partial charge in [-0.05, 0) is 43.7 Å². The van der Waals surface area contributed by atoms with Gasteiger partial charge in [0.1, 0.15) is 0 Å². The third kappa shape index (κ3) is 4.08. The third-order valence-electron chi connectivity index (χ3n) is 2.82.